The smallest absolute Gasteiger partial charge is 0.304 e. The van der Waals surface area contributed by atoms with E-state index in [4.69, 9.17) is 14.9 Å². The van der Waals surface area contributed by atoms with Crippen LogP contribution in [-0.2, 0) is 11.3 Å². The molecule has 0 bridgehead atoms. The molecule has 0 fully saturated rings. The van der Waals surface area contributed by atoms with Crippen molar-refractivity contribution in [3.05, 3.63) is 66.4 Å². The lowest BCUT2D eigenvalue weighted by Gasteiger charge is -2.10. The van der Waals surface area contributed by atoms with Crippen molar-refractivity contribution in [2.75, 3.05) is 6.54 Å². The van der Waals surface area contributed by atoms with Gasteiger partial charge in [0.15, 0.2) is 0 Å². The summed E-state index contributed by atoms with van der Waals surface area (Å²) in [5.41, 5.74) is 3.83. The van der Waals surface area contributed by atoms with Crippen LogP contribution in [-0.4, -0.2) is 33.5 Å². The van der Waals surface area contributed by atoms with Crippen LogP contribution >= 0.6 is 0 Å². The molecular weight excluding hydrogens is 354 g/mol. The second-order valence-electron chi connectivity index (χ2n) is 6.79. The SMILES string of the molecule is CC(C)Oc1ccc(-c2nn(-c3ccccc3)cc2CNCCC(=O)O)cc1. The molecule has 0 saturated heterocycles. The molecule has 2 aromatic carbocycles. The summed E-state index contributed by atoms with van der Waals surface area (Å²) in [6.45, 7) is 4.94. The minimum Gasteiger partial charge on any atom is -0.491 e. The molecule has 146 valence electrons. The highest BCUT2D eigenvalue weighted by Gasteiger charge is 2.13. The molecule has 0 atom stereocenters. The van der Waals surface area contributed by atoms with Gasteiger partial charge in [0.1, 0.15) is 5.75 Å². The average molecular weight is 379 g/mol. The van der Waals surface area contributed by atoms with Crippen molar-refractivity contribution in [2.45, 2.75) is 32.9 Å². The molecule has 1 heterocycles. The Kier molecular flexibility index (Phi) is 6.45. The van der Waals surface area contributed by atoms with E-state index in [-0.39, 0.29) is 12.5 Å². The summed E-state index contributed by atoms with van der Waals surface area (Å²) in [5, 5.41) is 16.8. The Hall–Kier alpha value is -3.12. The zero-order chi connectivity index (χ0) is 19.9. The highest BCUT2D eigenvalue weighted by atomic mass is 16.5. The zero-order valence-corrected chi connectivity index (χ0v) is 16.1. The zero-order valence-electron chi connectivity index (χ0n) is 16.1. The van der Waals surface area contributed by atoms with Crippen molar-refractivity contribution in [2.24, 2.45) is 0 Å². The van der Waals surface area contributed by atoms with Gasteiger partial charge in [-0.15, -0.1) is 0 Å². The van der Waals surface area contributed by atoms with E-state index in [0.717, 1.165) is 28.3 Å². The number of aliphatic carboxylic acids is 1. The summed E-state index contributed by atoms with van der Waals surface area (Å²) in [6.07, 6.45) is 2.19. The van der Waals surface area contributed by atoms with Crippen molar-refractivity contribution in [3.63, 3.8) is 0 Å². The fourth-order valence-electron chi connectivity index (χ4n) is 2.88. The first-order valence-corrected chi connectivity index (χ1v) is 9.36. The van der Waals surface area contributed by atoms with Crippen LogP contribution in [0.25, 0.3) is 16.9 Å². The molecule has 0 amide bonds. The Morgan fingerprint density at radius 3 is 2.50 bits per heavy atom. The molecule has 28 heavy (non-hydrogen) atoms. The number of para-hydroxylation sites is 1. The number of rotatable bonds is 9. The molecule has 6 nitrogen and oxygen atoms in total. The van der Waals surface area contributed by atoms with Crippen molar-refractivity contribution in [1.82, 2.24) is 15.1 Å². The van der Waals surface area contributed by atoms with E-state index in [1.54, 1.807) is 0 Å². The predicted octanol–water partition coefficient (Wildman–Crippen LogP) is 3.89. The van der Waals surface area contributed by atoms with Gasteiger partial charge >= 0.3 is 5.97 Å². The van der Waals surface area contributed by atoms with Crippen molar-refractivity contribution in [3.8, 4) is 22.7 Å². The first-order chi connectivity index (χ1) is 13.5. The van der Waals surface area contributed by atoms with E-state index >= 15 is 0 Å². The van der Waals surface area contributed by atoms with Gasteiger partial charge in [0.05, 0.1) is 23.9 Å². The summed E-state index contributed by atoms with van der Waals surface area (Å²) in [6, 6.07) is 17.8. The van der Waals surface area contributed by atoms with Gasteiger partial charge in [-0.2, -0.15) is 5.10 Å². The number of carboxylic acids is 1. The third-order valence-corrected chi connectivity index (χ3v) is 4.14. The normalized spacial score (nSPS) is 11.0. The van der Waals surface area contributed by atoms with Crippen LogP contribution in [0.3, 0.4) is 0 Å². The minimum atomic E-state index is -0.812. The first kappa shape index (κ1) is 19.6. The molecule has 3 rings (SSSR count). The molecule has 0 aliphatic carbocycles. The molecule has 0 unspecified atom stereocenters. The number of aromatic nitrogens is 2. The number of hydrogen-bond acceptors (Lipinski definition) is 4. The summed E-state index contributed by atoms with van der Waals surface area (Å²) in [5.74, 6) is 0.0100. The number of benzene rings is 2. The quantitative estimate of drug-likeness (QED) is 0.552. The van der Waals surface area contributed by atoms with Crippen LogP contribution in [0.15, 0.2) is 60.8 Å². The number of nitrogens with zero attached hydrogens (tertiary/aromatic N) is 2. The van der Waals surface area contributed by atoms with Gasteiger partial charge in [-0.1, -0.05) is 18.2 Å². The maximum atomic E-state index is 10.7. The fraction of sp³-hybridized carbons (Fsp3) is 0.273. The lowest BCUT2D eigenvalue weighted by atomic mass is 10.1. The van der Waals surface area contributed by atoms with E-state index in [9.17, 15) is 4.79 Å². The highest BCUT2D eigenvalue weighted by Crippen LogP contribution is 2.26. The van der Waals surface area contributed by atoms with E-state index in [0.29, 0.717) is 13.1 Å². The van der Waals surface area contributed by atoms with Crippen LogP contribution < -0.4 is 10.1 Å². The van der Waals surface area contributed by atoms with Crippen molar-refractivity contribution >= 4 is 5.97 Å². The number of nitrogens with one attached hydrogen (secondary N) is 1. The summed E-state index contributed by atoms with van der Waals surface area (Å²) in [7, 11) is 0. The Labute approximate surface area is 164 Å². The van der Waals surface area contributed by atoms with Gasteiger partial charge in [0.2, 0.25) is 0 Å². The van der Waals surface area contributed by atoms with Gasteiger partial charge in [-0.25, -0.2) is 4.68 Å². The number of hydrogen-bond donors (Lipinski definition) is 2. The van der Waals surface area contributed by atoms with Gasteiger partial charge in [0, 0.05) is 30.4 Å². The number of ether oxygens (including phenoxy) is 1. The second kappa shape index (κ2) is 9.19. The third kappa shape index (κ3) is 5.20. The van der Waals surface area contributed by atoms with Gasteiger partial charge in [0.25, 0.3) is 0 Å². The van der Waals surface area contributed by atoms with Crippen LogP contribution in [0.4, 0.5) is 0 Å². The Bertz CT molecular complexity index is 903. The largest absolute Gasteiger partial charge is 0.491 e. The molecule has 3 aromatic rings. The minimum absolute atomic E-state index is 0.0867. The maximum absolute atomic E-state index is 10.7. The topological polar surface area (TPSA) is 76.4 Å². The number of carbonyl (C=O) groups is 1. The van der Waals surface area contributed by atoms with Gasteiger partial charge < -0.3 is 15.2 Å². The molecule has 0 radical (unpaired) electrons. The molecule has 0 saturated carbocycles. The van der Waals surface area contributed by atoms with Crippen LogP contribution in [0.1, 0.15) is 25.8 Å². The number of carboxylic acid groups (broad SMARTS) is 1. The van der Waals surface area contributed by atoms with Crippen LogP contribution in [0.2, 0.25) is 0 Å². The molecular formula is C22H25N3O3. The molecule has 0 spiro atoms. The van der Waals surface area contributed by atoms with E-state index in [2.05, 4.69) is 5.32 Å². The van der Waals surface area contributed by atoms with Gasteiger partial charge in [-0.05, 0) is 50.2 Å². The molecule has 1 aromatic heterocycles. The molecule has 6 heteroatoms. The lowest BCUT2D eigenvalue weighted by molar-refractivity contribution is -0.136. The first-order valence-electron chi connectivity index (χ1n) is 9.36. The third-order valence-electron chi connectivity index (χ3n) is 4.14. The van der Waals surface area contributed by atoms with E-state index in [1.807, 2.05) is 79.3 Å². The van der Waals surface area contributed by atoms with Crippen LogP contribution in [0, 0.1) is 0 Å². The highest BCUT2D eigenvalue weighted by molar-refractivity contribution is 5.67. The monoisotopic (exact) mass is 379 g/mol. The second-order valence-corrected chi connectivity index (χ2v) is 6.79. The molecule has 0 aliphatic rings. The van der Waals surface area contributed by atoms with E-state index < -0.39 is 5.97 Å². The predicted molar refractivity (Wildman–Crippen MR) is 109 cm³/mol. The van der Waals surface area contributed by atoms with E-state index in [1.165, 1.54) is 0 Å². The Balaban J connectivity index is 1.86. The summed E-state index contributed by atoms with van der Waals surface area (Å²) in [4.78, 5) is 10.7. The molecule has 2 N–H and O–H groups in total. The molecule has 0 aliphatic heterocycles. The Morgan fingerprint density at radius 2 is 1.86 bits per heavy atom. The summed E-state index contributed by atoms with van der Waals surface area (Å²) < 4.78 is 7.57. The van der Waals surface area contributed by atoms with Crippen LogP contribution in [0.5, 0.6) is 5.75 Å². The van der Waals surface area contributed by atoms with Gasteiger partial charge in [-0.3, -0.25) is 4.79 Å². The standard InChI is InChI=1S/C22H25N3O3/c1-16(2)28-20-10-8-17(9-11-20)22-18(14-23-13-12-21(26)27)15-25(24-22)19-6-4-3-5-7-19/h3-11,15-16,23H,12-14H2,1-2H3,(H,26,27). The average Bonchev–Trinajstić information content (AvgIpc) is 3.10. The van der Waals surface area contributed by atoms with Crippen molar-refractivity contribution < 1.29 is 14.6 Å². The summed E-state index contributed by atoms with van der Waals surface area (Å²) >= 11 is 0. The maximum Gasteiger partial charge on any atom is 0.304 e. The van der Waals surface area contributed by atoms with Crippen molar-refractivity contribution in [1.29, 1.82) is 0 Å². The Morgan fingerprint density at radius 1 is 1.14 bits per heavy atom. The lowest BCUT2D eigenvalue weighted by Crippen LogP contribution is -2.17. The fourth-order valence-corrected chi connectivity index (χ4v) is 2.88.